The molecule has 2 aromatic rings. The third kappa shape index (κ3) is 3.01. The Bertz CT molecular complexity index is 841. The highest BCUT2D eigenvalue weighted by Crippen LogP contribution is 2.23. The van der Waals surface area contributed by atoms with Gasteiger partial charge in [-0.05, 0) is 30.9 Å². The molecule has 1 unspecified atom stereocenters. The van der Waals surface area contributed by atoms with Gasteiger partial charge in [0.1, 0.15) is 0 Å². The van der Waals surface area contributed by atoms with Crippen LogP contribution in [0.2, 0.25) is 0 Å². The van der Waals surface area contributed by atoms with Crippen LogP contribution in [0.4, 0.5) is 0 Å². The van der Waals surface area contributed by atoms with Gasteiger partial charge in [0, 0.05) is 23.2 Å². The Morgan fingerprint density at radius 3 is 2.81 bits per heavy atom. The smallest absolute Gasteiger partial charge is 0.252 e. The van der Waals surface area contributed by atoms with Gasteiger partial charge in [-0.3, -0.25) is 4.79 Å². The van der Waals surface area contributed by atoms with Gasteiger partial charge in [0.05, 0.1) is 11.5 Å². The van der Waals surface area contributed by atoms with Crippen LogP contribution in [-0.4, -0.2) is 30.4 Å². The molecule has 0 spiro atoms. The summed E-state index contributed by atoms with van der Waals surface area (Å²) < 4.78 is 23.2. The molecule has 2 heterocycles. The van der Waals surface area contributed by atoms with Crippen molar-refractivity contribution in [1.82, 2.24) is 10.3 Å². The second kappa shape index (κ2) is 4.96. The summed E-state index contributed by atoms with van der Waals surface area (Å²) in [6.07, 6.45) is 0.584. The molecule has 6 heteroatoms. The van der Waals surface area contributed by atoms with E-state index in [1.54, 1.807) is 0 Å². The second-order valence-electron chi connectivity index (χ2n) is 5.97. The van der Waals surface area contributed by atoms with E-state index in [0.717, 1.165) is 10.9 Å². The maximum atomic E-state index is 12.1. The van der Waals surface area contributed by atoms with Crippen molar-refractivity contribution < 1.29 is 8.42 Å². The zero-order valence-electron chi connectivity index (χ0n) is 11.8. The molecule has 0 radical (unpaired) electrons. The van der Waals surface area contributed by atoms with E-state index in [4.69, 9.17) is 0 Å². The quantitative estimate of drug-likeness (QED) is 0.893. The molecule has 21 heavy (non-hydrogen) atoms. The average Bonchev–Trinajstić information content (AvgIpc) is 2.71. The van der Waals surface area contributed by atoms with E-state index in [9.17, 15) is 13.2 Å². The summed E-state index contributed by atoms with van der Waals surface area (Å²) in [7, 11) is -2.95. The molecule has 1 aliphatic rings. The number of fused-ring (bicyclic) bond motifs is 1. The molecular weight excluding hydrogens is 288 g/mol. The van der Waals surface area contributed by atoms with Crippen LogP contribution in [0.5, 0.6) is 0 Å². The summed E-state index contributed by atoms with van der Waals surface area (Å²) in [6.45, 7) is 2.26. The fourth-order valence-electron chi connectivity index (χ4n) is 2.78. The van der Waals surface area contributed by atoms with E-state index in [-0.39, 0.29) is 17.1 Å². The van der Waals surface area contributed by atoms with Crippen LogP contribution < -0.4 is 10.9 Å². The van der Waals surface area contributed by atoms with E-state index in [2.05, 4.69) is 10.3 Å². The Morgan fingerprint density at radius 2 is 2.10 bits per heavy atom. The molecule has 1 saturated heterocycles. The highest BCUT2D eigenvalue weighted by atomic mass is 32.2. The van der Waals surface area contributed by atoms with E-state index >= 15 is 0 Å². The predicted molar refractivity (Wildman–Crippen MR) is 83.1 cm³/mol. The molecule has 2 N–H and O–H groups in total. The fraction of sp³-hybridized carbons (Fsp3) is 0.400. The molecule has 1 aromatic carbocycles. The number of H-pyrrole nitrogens is 1. The van der Waals surface area contributed by atoms with E-state index in [0.29, 0.717) is 18.5 Å². The number of aromatic amines is 1. The second-order valence-corrected chi connectivity index (χ2v) is 8.15. The normalized spacial score (nSPS) is 24.4. The standard InChI is InChI=1S/C15H18N2O3S/c1-15(6-7-21(19,20)10-15)16-9-12-8-11-4-2-3-5-13(11)17-14(12)18/h2-5,8,16H,6-7,9-10H2,1H3,(H,17,18). The minimum absolute atomic E-state index is 0.130. The molecule has 0 aliphatic carbocycles. The molecule has 112 valence electrons. The largest absolute Gasteiger partial charge is 0.322 e. The molecule has 0 saturated carbocycles. The summed E-state index contributed by atoms with van der Waals surface area (Å²) in [5, 5.41) is 4.21. The molecule has 1 aromatic heterocycles. The Kier molecular flexibility index (Phi) is 3.37. The number of sulfone groups is 1. The lowest BCUT2D eigenvalue weighted by Crippen LogP contribution is -2.43. The van der Waals surface area contributed by atoms with Gasteiger partial charge in [0.2, 0.25) is 0 Å². The number of hydrogen-bond donors (Lipinski definition) is 2. The summed E-state index contributed by atoms with van der Waals surface area (Å²) in [5.74, 6) is 0.343. The molecule has 0 bridgehead atoms. The van der Waals surface area contributed by atoms with Gasteiger partial charge in [-0.2, -0.15) is 0 Å². The topological polar surface area (TPSA) is 79.0 Å². The first kappa shape index (κ1) is 14.3. The minimum atomic E-state index is -2.95. The third-order valence-corrected chi connectivity index (χ3v) is 5.94. The molecule has 1 aliphatic heterocycles. The number of pyridine rings is 1. The van der Waals surface area contributed by atoms with Gasteiger partial charge >= 0.3 is 0 Å². The number of benzene rings is 1. The van der Waals surface area contributed by atoms with Crippen molar-refractivity contribution in [3.63, 3.8) is 0 Å². The van der Waals surface area contributed by atoms with Crippen molar-refractivity contribution in [2.45, 2.75) is 25.4 Å². The molecule has 3 rings (SSSR count). The number of hydrogen-bond acceptors (Lipinski definition) is 4. The zero-order valence-corrected chi connectivity index (χ0v) is 12.7. The van der Waals surface area contributed by atoms with Crippen LogP contribution in [0.25, 0.3) is 10.9 Å². The van der Waals surface area contributed by atoms with Crippen molar-refractivity contribution in [3.05, 3.63) is 46.2 Å². The molecule has 1 fully saturated rings. The highest BCUT2D eigenvalue weighted by molar-refractivity contribution is 7.91. The summed E-state index contributed by atoms with van der Waals surface area (Å²) >= 11 is 0. The van der Waals surface area contributed by atoms with Gasteiger partial charge in [-0.15, -0.1) is 0 Å². The van der Waals surface area contributed by atoms with Crippen molar-refractivity contribution in [3.8, 4) is 0 Å². The maximum absolute atomic E-state index is 12.1. The van der Waals surface area contributed by atoms with Crippen molar-refractivity contribution in [1.29, 1.82) is 0 Å². The number of nitrogens with one attached hydrogen (secondary N) is 2. The molecule has 1 atom stereocenters. The van der Waals surface area contributed by atoms with Gasteiger partial charge in [0.15, 0.2) is 9.84 Å². The summed E-state index contributed by atoms with van der Waals surface area (Å²) in [5.41, 5.74) is 0.850. The first-order valence-corrected chi connectivity index (χ1v) is 8.76. The van der Waals surface area contributed by atoms with E-state index in [1.165, 1.54) is 0 Å². The minimum Gasteiger partial charge on any atom is -0.322 e. The van der Waals surface area contributed by atoms with E-state index < -0.39 is 15.4 Å². The van der Waals surface area contributed by atoms with Gasteiger partial charge in [-0.1, -0.05) is 18.2 Å². The maximum Gasteiger partial charge on any atom is 0.252 e. The monoisotopic (exact) mass is 306 g/mol. The van der Waals surface area contributed by atoms with Gasteiger partial charge in [-0.25, -0.2) is 8.42 Å². The highest BCUT2D eigenvalue weighted by Gasteiger charge is 2.37. The lowest BCUT2D eigenvalue weighted by Gasteiger charge is -2.23. The van der Waals surface area contributed by atoms with Crippen LogP contribution in [0.15, 0.2) is 35.1 Å². The number of aromatic nitrogens is 1. The molecule has 5 nitrogen and oxygen atoms in total. The first-order valence-electron chi connectivity index (χ1n) is 6.93. The number of rotatable bonds is 3. The Labute approximate surface area is 123 Å². The third-order valence-electron chi connectivity index (χ3n) is 4.04. The predicted octanol–water partition coefficient (Wildman–Crippen LogP) is 1.19. The number of para-hydroxylation sites is 1. The van der Waals surface area contributed by atoms with Crippen LogP contribution in [0, 0.1) is 0 Å². The van der Waals surface area contributed by atoms with Gasteiger partial charge in [0.25, 0.3) is 5.56 Å². The molecular formula is C15H18N2O3S. The lowest BCUT2D eigenvalue weighted by molar-refractivity contribution is 0.395. The van der Waals surface area contributed by atoms with Crippen LogP contribution >= 0.6 is 0 Å². The SMILES string of the molecule is CC1(NCc2cc3ccccc3[nH]c2=O)CCS(=O)(=O)C1. The fourth-order valence-corrected chi connectivity index (χ4v) is 4.91. The summed E-state index contributed by atoms with van der Waals surface area (Å²) in [6, 6.07) is 9.45. The van der Waals surface area contributed by atoms with Crippen molar-refractivity contribution in [2.75, 3.05) is 11.5 Å². The van der Waals surface area contributed by atoms with Crippen molar-refractivity contribution >= 4 is 20.7 Å². The Balaban J connectivity index is 1.83. The summed E-state index contributed by atoms with van der Waals surface area (Å²) in [4.78, 5) is 14.9. The van der Waals surface area contributed by atoms with Crippen LogP contribution in [0.1, 0.15) is 18.9 Å². The Hall–Kier alpha value is -1.66. The Morgan fingerprint density at radius 1 is 1.33 bits per heavy atom. The van der Waals surface area contributed by atoms with E-state index in [1.807, 2.05) is 37.3 Å². The lowest BCUT2D eigenvalue weighted by atomic mass is 10.0. The van der Waals surface area contributed by atoms with Crippen LogP contribution in [0.3, 0.4) is 0 Å². The average molecular weight is 306 g/mol. The zero-order chi connectivity index (χ0) is 15.1. The molecule has 0 amide bonds. The van der Waals surface area contributed by atoms with Gasteiger partial charge < -0.3 is 10.3 Å². The first-order chi connectivity index (χ1) is 9.87. The van der Waals surface area contributed by atoms with Crippen molar-refractivity contribution in [2.24, 2.45) is 0 Å². The van der Waals surface area contributed by atoms with Crippen LogP contribution in [-0.2, 0) is 16.4 Å².